The van der Waals surface area contributed by atoms with Crippen molar-refractivity contribution in [1.82, 2.24) is 0 Å². The van der Waals surface area contributed by atoms with Gasteiger partial charge in [0.15, 0.2) is 11.5 Å². The number of fused-ring (bicyclic) bond motifs is 1. The van der Waals surface area contributed by atoms with Crippen molar-refractivity contribution < 1.29 is 14.6 Å². The molecule has 4 rings (SSSR count). The molecule has 1 aliphatic heterocycles. The van der Waals surface area contributed by atoms with Crippen LogP contribution < -0.4 is 9.47 Å². The first kappa shape index (κ1) is 18.4. The first-order valence-electron chi connectivity index (χ1n) is 9.02. The number of hydrogen-bond acceptors (Lipinski definition) is 5. The number of thioether (sulfide) groups is 1. The van der Waals surface area contributed by atoms with Crippen LogP contribution in [0.4, 0.5) is 5.69 Å². The number of methoxy groups -OCH3 is 2. The summed E-state index contributed by atoms with van der Waals surface area (Å²) >= 11 is 1.80. The summed E-state index contributed by atoms with van der Waals surface area (Å²) in [7, 11) is 3.30. The average molecular weight is 391 g/mol. The van der Waals surface area contributed by atoms with Crippen LogP contribution >= 0.6 is 11.8 Å². The van der Waals surface area contributed by atoms with Crippen LogP contribution in [0.25, 0.3) is 0 Å². The smallest absolute Gasteiger partial charge is 0.161 e. The molecule has 1 unspecified atom stereocenters. The second-order valence-electron chi connectivity index (χ2n) is 6.50. The standard InChI is InChI=1S/C23H21NO3S/c1-26-20-12-9-16(13-21(20)27-2)23-14-19(15-7-10-17(25)11-8-15)24-18-5-3-4-6-22(18)28-23/h3-13,23,25H,14H2,1-2H3. The van der Waals surface area contributed by atoms with E-state index in [1.54, 1.807) is 38.1 Å². The van der Waals surface area contributed by atoms with E-state index in [-0.39, 0.29) is 11.0 Å². The Bertz CT molecular complexity index is 1010. The topological polar surface area (TPSA) is 51.0 Å². The molecule has 0 radical (unpaired) electrons. The zero-order valence-corrected chi connectivity index (χ0v) is 16.6. The van der Waals surface area contributed by atoms with E-state index in [4.69, 9.17) is 14.5 Å². The van der Waals surface area contributed by atoms with Crippen LogP contribution in [0, 0.1) is 0 Å². The maximum Gasteiger partial charge on any atom is 0.161 e. The molecule has 1 heterocycles. The van der Waals surface area contributed by atoms with Crippen LogP contribution in [-0.4, -0.2) is 25.0 Å². The van der Waals surface area contributed by atoms with Crippen LogP contribution in [0.5, 0.6) is 17.2 Å². The van der Waals surface area contributed by atoms with Crippen molar-refractivity contribution in [1.29, 1.82) is 0 Å². The monoisotopic (exact) mass is 391 g/mol. The van der Waals surface area contributed by atoms with Gasteiger partial charge in [0.2, 0.25) is 0 Å². The van der Waals surface area contributed by atoms with Gasteiger partial charge < -0.3 is 14.6 Å². The van der Waals surface area contributed by atoms with Gasteiger partial charge >= 0.3 is 0 Å². The first-order valence-corrected chi connectivity index (χ1v) is 9.90. The Hall–Kier alpha value is -2.92. The Kier molecular flexibility index (Phi) is 5.26. The number of ether oxygens (including phenoxy) is 2. The highest BCUT2D eigenvalue weighted by Gasteiger charge is 2.23. The lowest BCUT2D eigenvalue weighted by molar-refractivity contribution is 0.354. The zero-order chi connectivity index (χ0) is 19.5. The summed E-state index contributed by atoms with van der Waals surface area (Å²) in [6.45, 7) is 0. The molecule has 0 saturated heterocycles. The molecule has 5 heteroatoms. The number of benzene rings is 3. The van der Waals surface area contributed by atoms with Crippen molar-refractivity contribution in [2.24, 2.45) is 4.99 Å². The molecular weight excluding hydrogens is 370 g/mol. The van der Waals surface area contributed by atoms with Gasteiger partial charge in [-0.15, -0.1) is 11.8 Å². The third-order valence-electron chi connectivity index (χ3n) is 4.75. The number of aromatic hydroxyl groups is 1. The molecule has 1 N–H and O–H groups in total. The van der Waals surface area contributed by atoms with E-state index >= 15 is 0 Å². The van der Waals surface area contributed by atoms with Crippen LogP contribution in [0.3, 0.4) is 0 Å². The molecule has 0 aliphatic carbocycles. The fraction of sp³-hybridized carbons (Fsp3) is 0.174. The number of aliphatic imine (C=N–C) groups is 1. The molecule has 0 spiro atoms. The van der Waals surface area contributed by atoms with E-state index < -0.39 is 0 Å². The number of hydrogen-bond donors (Lipinski definition) is 1. The van der Waals surface area contributed by atoms with Gasteiger partial charge in [-0.1, -0.05) is 18.2 Å². The maximum absolute atomic E-state index is 9.64. The highest BCUT2D eigenvalue weighted by atomic mass is 32.2. The van der Waals surface area contributed by atoms with Crippen LogP contribution in [0.15, 0.2) is 76.6 Å². The summed E-state index contributed by atoms with van der Waals surface area (Å²) in [6.07, 6.45) is 0.763. The second kappa shape index (κ2) is 7.98. The Morgan fingerprint density at radius 2 is 1.68 bits per heavy atom. The Balaban J connectivity index is 1.77. The van der Waals surface area contributed by atoms with E-state index in [0.29, 0.717) is 0 Å². The number of rotatable bonds is 4. The number of para-hydroxylation sites is 1. The van der Waals surface area contributed by atoms with Gasteiger partial charge in [-0.25, -0.2) is 0 Å². The summed E-state index contributed by atoms with van der Waals surface area (Å²) in [4.78, 5) is 6.10. The van der Waals surface area contributed by atoms with Crippen molar-refractivity contribution in [3.8, 4) is 17.2 Å². The third-order valence-corrected chi connectivity index (χ3v) is 6.07. The van der Waals surface area contributed by atoms with Crippen LogP contribution in [-0.2, 0) is 0 Å². The van der Waals surface area contributed by atoms with Gasteiger partial charge in [0.25, 0.3) is 0 Å². The largest absolute Gasteiger partial charge is 0.508 e. The predicted octanol–water partition coefficient (Wildman–Crippen LogP) is 5.77. The lowest BCUT2D eigenvalue weighted by Crippen LogP contribution is -2.05. The van der Waals surface area contributed by atoms with Crippen molar-refractivity contribution in [3.05, 3.63) is 77.9 Å². The zero-order valence-electron chi connectivity index (χ0n) is 15.8. The van der Waals surface area contributed by atoms with Gasteiger partial charge in [-0.05, 0) is 59.7 Å². The molecular formula is C23H21NO3S. The molecule has 1 atom stereocenters. The maximum atomic E-state index is 9.64. The highest BCUT2D eigenvalue weighted by Crippen LogP contribution is 2.46. The number of nitrogens with zero attached hydrogens (tertiary/aromatic N) is 1. The van der Waals surface area contributed by atoms with E-state index in [9.17, 15) is 5.11 Å². The van der Waals surface area contributed by atoms with Gasteiger partial charge in [0.1, 0.15) is 5.75 Å². The van der Waals surface area contributed by atoms with Crippen molar-refractivity contribution >= 4 is 23.2 Å². The molecule has 0 saturated carbocycles. The molecule has 1 aliphatic rings. The van der Waals surface area contributed by atoms with Crippen molar-refractivity contribution in [2.75, 3.05) is 14.2 Å². The molecule has 28 heavy (non-hydrogen) atoms. The molecule has 0 bridgehead atoms. The molecule has 3 aromatic rings. The summed E-state index contributed by atoms with van der Waals surface area (Å²) in [5.74, 6) is 1.70. The minimum absolute atomic E-state index is 0.177. The SMILES string of the molecule is COc1ccc(C2CC(c3ccc(O)cc3)=Nc3ccccc3S2)cc1OC. The summed E-state index contributed by atoms with van der Waals surface area (Å²) in [6, 6.07) is 21.5. The minimum atomic E-state index is 0.177. The lowest BCUT2D eigenvalue weighted by Gasteiger charge is -2.18. The average Bonchev–Trinajstić information content (AvgIpc) is 2.93. The molecule has 0 amide bonds. The fourth-order valence-corrected chi connectivity index (χ4v) is 4.51. The molecule has 0 aromatic heterocycles. The Morgan fingerprint density at radius 1 is 0.929 bits per heavy atom. The third kappa shape index (κ3) is 3.71. The van der Waals surface area contributed by atoms with Crippen LogP contribution in [0.1, 0.15) is 22.8 Å². The number of phenols is 1. The van der Waals surface area contributed by atoms with Gasteiger partial charge in [0.05, 0.1) is 19.9 Å². The normalized spacial score (nSPS) is 15.9. The van der Waals surface area contributed by atoms with Gasteiger partial charge in [-0.2, -0.15) is 0 Å². The van der Waals surface area contributed by atoms with Crippen LogP contribution in [0.2, 0.25) is 0 Å². The molecule has 142 valence electrons. The quantitative estimate of drug-likeness (QED) is 0.614. The van der Waals surface area contributed by atoms with Crippen molar-refractivity contribution in [2.45, 2.75) is 16.6 Å². The second-order valence-corrected chi connectivity index (χ2v) is 7.74. The number of phenolic OH excluding ortho intramolecular Hbond substituents is 1. The van der Waals surface area contributed by atoms with E-state index in [2.05, 4.69) is 12.1 Å². The Morgan fingerprint density at radius 3 is 2.43 bits per heavy atom. The molecule has 4 nitrogen and oxygen atoms in total. The fourth-order valence-electron chi connectivity index (χ4n) is 3.29. The Labute approximate surface area is 168 Å². The lowest BCUT2D eigenvalue weighted by atomic mass is 10.0. The summed E-state index contributed by atoms with van der Waals surface area (Å²) < 4.78 is 10.9. The van der Waals surface area contributed by atoms with E-state index in [1.807, 2.05) is 42.5 Å². The molecule has 3 aromatic carbocycles. The van der Waals surface area contributed by atoms with Crippen molar-refractivity contribution in [3.63, 3.8) is 0 Å². The van der Waals surface area contributed by atoms with Gasteiger partial charge in [-0.3, -0.25) is 4.99 Å². The van der Waals surface area contributed by atoms with Gasteiger partial charge in [0, 0.05) is 22.3 Å². The minimum Gasteiger partial charge on any atom is -0.508 e. The summed E-state index contributed by atoms with van der Waals surface area (Å²) in [5.41, 5.74) is 4.14. The molecule has 0 fully saturated rings. The van der Waals surface area contributed by atoms with E-state index in [0.717, 1.165) is 45.3 Å². The van der Waals surface area contributed by atoms with E-state index in [1.165, 1.54) is 0 Å². The predicted molar refractivity (Wildman–Crippen MR) is 114 cm³/mol. The first-order chi connectivity index (χ1) is 13.7. The highest BCUT2D eigenvalue weighted by molar-refractivity contribution is 7.99. The summed E-state index contributed by atoms with van der Waals surface area (Å²) in [5, 5.41) is 9.81.